The molecule has 0 aromatic rings. The lowest BCUT2D eigenvalue weighted by atomic mass is 9.68. The molecule has 0 spiro atoms. The summed E-state index contributed by atoms with van der Waals surface area (Å²) < 4.78 is 6.72. The molecule has 5 atom stereocenters. The van der Waals surface area contributed by atoms with Crippen molar-refractivity contribution in [3.8, 4) is 0 Å². The third-order valence-corrected chi connectivity index (χ3v) is 5.64. The van der Waals surface area contributed by atoms with Crippen molar-refractivity contribution in [2.45, 2.75) is 46.1 Å². The van der Waals surface area contributed by atoms with Crippen LogP contribution in [0.25, 0.3) is 0 Å². The molecule has 1 fully saturated rings. The van der Waals surface area contributed by atoms with Gasteiger partial charge in [-0.2, -0.15) is 0 Å². The molecule has 0 radical (unpaired) electrons. The first kappa shape index (κ1) is 19.9. The molecule has 0 amide bonds. The Hall–Kier alpha value is 0.880. The van der Waals surface area contributed by atoms with Crippen LogP contribution in [0.1, 0.15) is 40.0 Å². The van der Waals surface area contributed by atoms with Crippen LogP contribution in [0.15, 0.2) is 0 Å². The number of nitrogens with zero attached hydrogens (tertiary/aromatic N) is 1. The van der Waals surface area contributed by atoms with Gasteiger partial charge in [0.25, 0.3) is 0 Å². The van der Waals surface area contributed by atoms with Gasteiger partial charge in [0.05, 0.1) is 21.1 Å². The van der Waals surface area contributed by atoms with Gasteiger partial charge in [0.1, 0.15) is 12.6 Å². The van der Waals surface area contributed by atoms with Crippen LogP contribution in [-0.4, -0.2) is 43.2 Å². The maximum atomic E-state index is 9.97. The fourth-order valence-electron chi connectivity index (χ4n) is 3.67. The van der Waals surface area contributed by atoms with Gasteiger partial charge in [-0.15, -0.1) is 0 Å². The van der Waals surface area contributed by atoms with E-state index in [2.05, 4.69) is 54.2 Å². The Kier molecular flexibility index (Phi) is 7.24. The van der Waals surface area contributed by atoms with Gasteiger partial charge in [-0.3, -0.25) is 0 Å². The second-order valence-corrected chi connectivity index (χ2v) is 13.2. The standard InChI is InChI=1S/C15H32NO2PS2/c1-11(2)13-8-7-12(3)9-14(13)15(10-16(4,5)6)18-19(17,20)21/h11-15H,7-10H2,1-6H3,(H-,17,20,21)/p+1. The minimum atomic E-state index is -2.93. The van der Waals surface area contributed by atoms with Crippen molar-refractivity contribution in [3.63, 3.8) is 0 Å². The fourth-order valence-corrected chi connectivity index (χ4v) is 4.94. The van der Waals surface area contributed by atoms with Gasteiger partial charge in [-0.1, -0.05) is 39.4 Å². The number of thiol groups is 1. The lowest BCUT2D eigenvalue weighted by Crippen LogP contribution is -2.48. The summed E-state index contributed by atoms with van der Waals surface area (Å²) in [5.74, 6) is 2.47. The monoisotopic (exact) mass is 354 g/mol. The van der Waals surface area contributed by atoms with Crippen molar-refractivity contribution in [2.75, 3.05) is 27.7 Å². The molecule has 1 rings (SSSR count). The van der Waals surface area contributed by atoms with E-state index >= 15 is 0 Å². The summed E-state index contributed by atoms with van der Waals surface area (Å²) in [5.41, 5.74) is -2.93. The molecule has 0 bridgehead atoms. The molecular formula is C15H33NO2PS2+. The lowest BCUT2D eigenvalue weighted by molar-refractivity contribution is -0.873. The molecule has 0 heterocycles. The minimum Gasteiger partial charge on any atom is -0.338 e. The highest BCUT2D eigenvalue weighted by molar-refractivity contribution is 8.59. The zero-order valence-electron chi connectivity index (χ0n) is 14.3. The molecule has 1 N–H and O–H groups in total. The summed E-state index contributed by atoms with van der Waals surface area (Å²) in [4.78, 5) is 9.97. The van der Waals surface area contributed by atoms with E-state index in [1.807, 2.05) is 0 Å². The van der Waals surface area contributed by atoms with Crippen LogP contribution in [-0.2, 0) is 16.3 Å². The van der Waals surface area contributed by atoms with E-state index in [1.54, 1.807) is 0 Å². The molecule has 21 heavy (non-hydrogen) atoms. The number of hydrogen-bond donors (Lipinski definition) is 2. The van der Waals surface area contributed by atoms with Gasteiger partial charge >= 0.3 is 0 Å². The lowest BCUT2D eigenvalue weighted by Gasteiger charge is -2.43. The van der Waals surface area contributed by atoms with Gasteiger partial charge in [0.2, 0.25) is 5.69 Å². The topological polar surface area (TPSA) is 29.5 Å². The Morgan fingerprint density at radius 1 is 1.29 bits per heavy atom. The van der Waals surface area contributed by atoms with E-state index in [9.17, 15) is 4.89 Å². The Morgan fingerprint density at radius 2 is 1.86 bits per heavy atom. The maximum absolute atomic E-state index is 9.97. The Labute approximate surface area is 141 Å². The van der Waals surface area contributed by atoms with Crippen molar-refractivity contribution < 1.29 is 13.9 Å². The second kappa shape index (κ2) is 7.63. The summed E-state index contributed by atoms with van der Waals surface area (Å²) in [6.07, 6.45) is 3.70. The van der Waals surface area contributed by atoms with Gasteiger partial charge in [0.15, 0.2) is 0 Å². The first-order valence-corrected chi connectivity index (χ1v) is 11.8. The van der Waals surface area contributed by atoms with Crippen LogP contribution < -0.4 is 0 Å². The molecule has 5 unspecified atom stereocenters. The summed E-state index contributed by atoms with van der Waals surface area (Å²) in [6, 6.07) is 0. The average Bonchev–Trinajstić information content (AvgIpc) is 2.23. The predicted molar refractivity (Wildman–Crippen MR) is 98.1 cm³/mol. The minimum absolute atomic E-state index is 0.00603. The number of quaternary nitrogens is 1. The van der Waals surface area contributed by atoms with E-state index < -0.39 is 5.69 Å². The van der Waals surface area contributed by atoms with Crippen LogP contribution in [0, 0.1) is 23.7 Å². The summed E-state index contributed by atoms with van der Waals surface area (Å²) in [6.45, 7) is 7.78. The van der Waals surface area contributed by atoms with Crippen LogP contribution in [0.2, 0.25) is 0 Å². The number of hydrogen-bond acceptors (Lipinski definition) is 2. The first-order chi connectivity index (χ1) is 9.39. The zero-order chi connectivity index (χ0) is 16.4. The van der Waals surface area contributed by atoms with E-state index in [-0.39, 0.29) is 6.10 Å². The quantitative estimate of drug-likeness (QED) is 0.430. The summed E-state index contributed by atoms with van der Waals surface area (Å²) in [7, 11) is 6.48. The van der Waals surface area contributed by atoms with Crippen molar-refractivity contribution in [1.82, 2.24) is 0 Å². The van der Waals surface area contributed by atoms with Gasteiger partial charge < -0.3 is 13.9 Å². The highest BCUT2D eigenvalue weighted by atomic mass is 32.9. The van der Waals surface area contributed by atoms with Crippen molar-refractivity contribution in [1.29, 1.82) is 0 Å². The molecule has 0 aromatic carbocycles. The van der Waals surface area contributed by atoms with Gasteiger partial charge in [0, 0.05) is 0 Å². The van der Waals surface area contributed by atoms with Gasteiger partial charge in [-0.25, -0.2) is 0 Å². The average molecular weight is 355 g/mol. The van der Waals surface area contributed by atoms with Crippen molar-refractivity contribution in [3.05, 3.63) is 0 Å². The molecule has 0 aromatic heterocycles. The van der Waals surface area contributed by atoms with E-state index in [4.69, 9.17) is 16.3 Å². The fraction of sp³-hybridized carbons (Fsp3) is 1.00. The third-order valence-electron chi connectivity index (χ3n) is 4.55. The third kappa shape index (κ3) is 7.32. The smallest absolute Gasteiger partial charge is 0.242 e. The highest BCUT2D eigenvalue weighted by Gasteiger charge is 2.40. The summed E-state index contributed by atoms with van der Waals surface area (Å²) in [5, 5.41) is 0. The van der Waals surface area contributed by atoms with Crippen LogP contribution in [0.5, 0.6) is 0 Å². The van der Waals surface area contributed by atoms with Gasteiger partial charge in [-0.05, 0) is 48.3 Å². The molecule has 6 heteroatoms. The molecule has 1 aliphatic carbocycles. The Bertz CT molecular complexity index is 378. The zero-order valence-corrected chi connectivity index (χ0v) is 16.9. The van der Waals surface area contributed by atoms with Crippen molar-refractivity contribution in [2.24, 2.45) is 23.7 Å². The number of rotatable bonds is 6. The molecular weight excluding hydrogens is 321 g/mol. The normalized spacial score (nSPS) is 32.0. The van der Waals surface area contributed by atoms with Crippen LogP contribution in [0.4, 0.5) is 0 Å². The van der Waals surface area contributed by atoms with E-state index in [0.29, 0.717) is 17.8 Å². The number of likely N-dealkylation sites (N-methyl/N-ethyl adjacent to an activating group) is 1. The Balaban J connectivity index is 2.99. The van der Waals surface area contributed by atoms with Crippen molar-refractivity contribution >= 4 is 29.7 Å². The van der Waals surface area contributed by atoms with E-state index in [1.165, 1.54) is 12.8 Å². The first-order valence-electron chi connectivity index (χ1n) is 7.93. The molecule has 3 nitrogen and oxygen atoms in total. The summed E-state index contributed by atoms with van der Waals surface area (Å²) >= 11 is 9.17. The molecule has 0 saturated heterocycles. The molecule has 1 aliphatic rings. The largest absolute Gasteiger partial charge is 0.338 e. The van der Waals surface area contributed by atoms with Crippen LogP contribution in [0.3, 0.4) is 0 Å². The maximum Gasteiger partial charge on any atom is 0.242 e. The van der Waals surface area contributed by atoms with Crippen LogP contribution >= 0.6 is 17.9 Å². The molecule has 1 saturated carbocycles. The SMILES string of the molecule is CC1CCC(C(C)C)C(C(C[N+](C)(C)C)OP(O)(=S)S)C1. The molecule has 126 valence electrons. The predicted octanol–water partition coefficient (Wildman–Crippen LogP) is 3.93. The molecule has 0 aliphatic heterocycles. The Morgan fingerprint density at radius 3 is 2.29 bits per heavy atom. The second-order valence-electron chi connectivity index (χ2n) is 8.10. The van der Waals surface area contributed by atoms with E-state index in [0.717, 1.165) is 23.4 Å². The highest BCUT2D eigenvalue weighted by Crippen LogP contribution is 2.52.